The van der Waals surface area contributed by atoms with Crippen LogP contribution in [0.15, 0.2) is 60.7 Å². The maximum absolute atomic E-state index is 6.25. The van der Waals surface area contributed by atoms with Gasteiger partial charge in [0.25, 0.3) is 0 Å². The fourth-order valence-corrected chi connectivity index (χ4v) is 3.42. The lowest BCUT2D eigenvalue weighted by Gasteiger charge is -2.23. The van der Waals surface area contributed by atoms with Gasteiger partial charge in [0.15, 0.2) is 0 Å². The summed E-state index contributed by atoms with van der Waals surface area (Å²) in [5.41, 5.74) is 2.35. The Morgan fingerprint density at radius 1 is 1.12 bits per heavy atom. The largest absolute Gasteiger partial charge is 0.497 e. The first-order valence-electron chi connectivity index (χ1n) is 9.29. The van der Waals surface area contributed by atoms with Crippen LogP contribution in [0.5, 0.6) is 5.75 Å². The van der Waals surface area contributed by atoms with Crippen molar-refractivity contribution < 1.29 is 14.2 Å². The first-order chi connectivity index (χ1) is 12.7. The molecule has 0 bridgehead atoms. The predicted molar refractivity (Wildman–Crippen MR) is 105 cm³/mol. The van der Waals surface area contributed by atoms with E-state index in [4.69, 9.17) is 14.2 Å². The lowest BCUT2D eigenvalue weighted by Crippen LogP contribution is -2.30. The van der Waals surface area contributed by atoms with Crippen LogP contribution < -0.4 is 4.74 Å². The normalized spacial score (nSPS) is 24.0. The van der Waals surface area contributed by atoms with Gasteiger partial charge in [-0.1, -0.05) is 61.5 Å². The van der Waals surface area contributed by atoms with Crippen molar-refractivity contribution in [1.29, 1.82) is 0 Å². The molecule has 3 nitrogen and oxygen atoms in total. The molecule has 2 aromatic carbocycles. The van der Waals surface area contributed by atoms with Crippen LogP contribution in [0.1, 0.15) is 31.4 Å². The summed E-state index contributed by atoms with van der Waals surface area (Å²) in [7, 11) is 1.68. The highest BCUT2D eigenvalue weighted by Gasteiger charge is 2.35. The van der Waals surface area contributed by atoms with E-state index >= 15 is 0 Å². The maximum Gasteiger partial charge on any atom is 0.118 e. The molecule has 3 rings (SSSR count). The zero-order chi connectivity index (χ0) is 18.4. The summed E-state index contributed by atoms with van der Waals surface area (Å²) in [6.45, 7) is 4.98. The molecular formula is C23H28O3. The van der Waals surface area contributed by atoms with E-state index in [1.165, 1.54) is 5.56 Å². The molecule has 0 aromatic heterocycles. The third-order valence-electron chi connectivity index (χ3n) is 4.93. The highest BCUT2D eigenvalue weighted by atomic mass is 16.5. The van der Waals surface area contributed by atoms with Crippen LogP contribution in [-0.2, 0) is 16.1 Å². The van der Waals surface area contributed by atoms with Crippen LogP contribution in [0, 0.1) is 5.92 Å². The van der Waals surface area contributed by atoms with E-state index in [1.54, 1.807) is 7.11 Å². The second-order valence-corrected chi connectivity index (χ2v) is 6.99. The molecule has 0 amide bonds. The van der Waals surface area contributed by atoms with Gasteiger partial charge in [-0.05, 0) is 42.5 Å². The summed E-state index contributed by atoms with van der Waals surface area (Å²) >= 11 is 0. The molecule has 0 N–H and O–H groups in total. The van der Waals surface area contributed by atoms with Crippen molar-refractivity contribution in [2.45, 2.75) is 45.2 Å². The molecule has 0 unspecified atom stereocenters. The minimum absolute atomic E-state index is 0.0737. The van der Waals surface area contributed by atoms with E-state index in [-0.39, 0.29) is 18.3 Å². The van der Waals surface area contributed by atoms with Crippen molar-refractivity contribution in [3.05, 3.63) is 71.8 Å². The number of ether oxygens (including phenoxy) is 3. The van der Waals surface area contributed by atoms with Crippen molar-refractivity contribution in [1.82, 2.24) is 0 Å². The maximum atomic E-state index is 6.25. The monoisotopic (exact) mass is 352 g/mol. The molecule has 0 saturated carbocycles. The first-order valence-corrected chi connectivity index (χ1v) is 9.29. The molecule has 0 radical (unpaired) electrons. The summed E-state index contributed by atoms with van der Waals surface area (Å²) in [6, 6.07) is 18.3. The molecule has 1 saturated heterocycles. The van der Waals surface area contributed by atoms with Gasteiger partial charge in [0.05, 0.1) is 32.0 Å². The number of rotatable bonds is 7. The standard InChI is InChI=1S/C23H28O3/c1-17-15-22(14-11-19-9-12-21(24-3)13-10-19)26-23(17)18(2)25-16-20-7-5-4-6-8-20/h4-14,17-18,22-23H,15-16H2,1-3H3/b14-11+/t17-,18+,22+,23-/m0/s1. The van der Waals surface area contributed by atoms with E-state index in [2.05, 4.69) is 50.3 Å². The highest BCUT2D eigenvalue weighted by Crippen LogP contribution is 2.31. The number of hydrogen-bond donors (Lipinski definition) is 0. The van der Waals surface area contributed by atoms with Crippen LogP contribution >= 0.6 is 0 Å². The molecule has 1 heterocycles. The van der Waals surface area contributed by atoms with Crippen molar-refractivity contribution in [2.75, 3.05) is 7.11 Å². The molecule has 2 aromatic rings. The summed E-state index contributed by atoms with van der Waals surface area (Å²) in [4.78, 5) is 0. The van der Waals surface area contributed by atoms with Crippen LogP contribution in [0.2, 0.25) is 0 Å². The Bertz CT molecular complexity index is 693. The molecule has 1 aliphatic heterocycles. The highest BCUT2D eigenvalue weighted by molar-refractivity contribution is 5.51. The van der Waals surface area contributed by atoms with Crippen molar-refractivity contribution in [2.24, 2.45) is 5.92 Å². The Labute approximate surface area is 156 Å². The molecule has 26 heavy (non-hydrogen) atoms. The quantitative estimate of drug-likeness (QED) is 0.693. The molecular weight excluding hydrogens is 324 g/mol. The van der Waals surface area contributed by atoms with Gasteiger partial charge >= 0.3 is 0 Å². The van der Waals surface area contributed by atoms with E-state index in [0.717, 1.165) is 17.7 Å². The second kappa shape index (κ2) is 9.02. The third kappa shape index (κ3) is 4.96. The molecule has 138 valence electrons. The predicted octanol–water partition coefficient (Wildman–Crippen LogP) is 5.11. The van der Waals surface area contributed by atoms with Crippen LogP contribution in [0.3, 0.4) is 0 Å². The minimum Gasteiger partial charge on any atom is -0.497 e. The van der Waals surface area contributed by atoms with Crippen LogP contribution in [0.4, 0.5) is 0 Å². The Morgan fingerprint density at radius 3 is 2.54 bits per heavy atom. The Kier molecular flexibility index (Phi) is 6.48. The van der Waals surface area contributed by atoms with E-state index in [9.17, 15) is 0 Å². The zero-order valence-corrected chi connectivity index (χ0v) is 15.8. The Balaban J connectivity index is 1.52. The lowest BCUT2D eigenvalue weighted by molar-refractivity contribution is -0.0681. The summed E-state index contributed by atoms with van der Waals surface area (Å²) < 4.78 is 17.5. The van der Waals surface area contributed by atoms with Gasteiger partial charge in [0.2, 0.25) is 0 Å². The van der Waals surface area contributed by atoms with Crippen molar-refractivity contribution >= 4 is 6.08 Å². The Morgan fingerprint density at radius 2 is 1.85 bits per heavy atom. The number of benzene rings is 2. The SMILES string of the molecule is COc1ccc(/C=C/[C@@H]2C[C@H](C)[C@@H]([C@@H](C)OCc3ccccc3)O2)cc1. The van der Waals surface area contributed by atoms with E-state index in [0.29, 0.717) is 12.5 Å². The average molecular weight is 352 g/mol. The number of hydrogen-bond acceptors (Lipinski definition) is 3. The fourth-order valence-electron chi connectivity index (χ4n) is 3.42. The van der Waals surface area contributed by atoms with Gasteiger partial charge in [-0.2, -0.15) is 0 Å². The van der Waals surface area contributed by atoms with Crippen molar-refractivity contribution in [3.63, 3.8) is 0 Å². The van der Waals surface area contributed by atoms with E-state index in [1.807, 2.05) is 30.3 Å². The third-order valence-corrected chi connectivity index (χ3v) is 4.93. The average Bonchev–Trinajstić information content (AvgIpc) is 3.06. The summed E-state index contributed by atoms with van der Waals surface area (Å²) in [5.74, 6) is 1.35. The molecule has 0 aliphatic carbocycles. The lowest BCUT2D eigenvalue weighted by atomic mass is 9.98. The van der Waals surface area contributed by atoms with Crippen LogP contribution in [0.25, 0.3) is 6.08 Å². The number of methoxy groups -OCH3 is 1. The molecule has 3 heteroatoms. The van der Waals surface area contributed by atoms with Gasteiger partial charge in [-0.15, -0.1) is 0 Å². The van der Waals surface area contributed by atoms with Gasteiger partial charge in [0.1, 0.15) is 5.75 Å². The second-order valence-electron chi connectivity index (χ2n) is 6.99. The van der Waals surface area contributed by atoms with E-state index < -0.39 is 0 Å². The van der Waals surface area contributed by atoms with Crippen molar-refractivity contribution in [3.8, 4) is 5.75 Å². The van der Waals surface area contributed by atoms with Gasteiger partial charge in [-0.25, -0.2) is 0 Å². The fraction of sp³-hybridized carbons (Fsp3) is 0.391. The zero-order valence-electron chi connectivity index (χ0n) is 15.8. The van der Waals surface area contributed by atoms with Gasteiger partial charge in [-0.3, -0.25) is 0 Å². The molecule has 0 spiro atoms. The summed E-state index contributed by atoms with van der Waals surface area (Å²) in [5, 5.41) is 0. The summed E-state index contributed by atoms with van der Waals surface area (Å²) in [6.07, 6.45) is 5.64. The smallest absolute Gasteiger partial charge is 0.118 e. The topological polar surface area (TPSA) is 27.7 Å². The molecule has 1 fully saturated rings. The molecule has 1 aliphatic rings. The van der Waals surface area contributed by atoms with Gasteiger partial charge in [0, 0.05) is 0 Å². The van der Waals surface area contributed by atoms with Gasteiger partial charge < -0.3 is 14.2 Å². The minimum atomic E-state index is 0.0737. The Hall–Kier alpha value is -2.10. The van der Waals surface area contributed by atoms with Crippen LogP contribution in [-0.4, -0.2) is 25.4 Å². The molecule has 4 atom stereocenters. The first kappa shape index (κ1) is 18.7.